The number of likely N-dealkylation sites (tertiary alicyclic amines) is 2. The van der Waals surface area contributed by atoms with Gasteiger partial charge in [-0.2, -0.15) is 0 Å². The lowest BCUT2D eigenvalue weighted by Gasteiger charge is -2.27. The quantitative estimate of drug-likeness (QED) is 0.718. The summed E-state index contributed by atoms with van der Waals surface area (Å²) in [6.45, 7) is 5.68. The molecule has 5 unspecified atom stereocenters. The predicted octanol–water partition coefficient (Wildman–Crippen LogP) is 1.95. The van der Waals surface area contributed by atoms with Crippen molar-refractivity contribution in [2.75, 3.05) is 26.2 Å². The Balaban J connectivity index is 1.43. The highest BCUT2D eigenvalue weighted by molar-refractivity contribution is 5.34. The van der Waals surface area contributed by atoms with Gasteiger partial charge in [-0.1, -0.05) is 0 Å². The molecule has 94 valence electrons. The molecule has 4 bridgehead atoms. The standard InChI is InChI=1S/C15H24N2/c1-2-6-16(5-1)14-11-9-12-13(14)15(12,10-11)17-7-3-4-8-17/h11-14H,1-10H2. The Morgan fingerprint density at radius 2 is 1.59 bits per heavy atom. The molecule has 0 radical (unpaired) electrons. The van der Waals surface area contributed by atoms with Crippen molar-refractivity contribution in [3.63, 3.8) is 0 Å². The molecule has 0 aromatic carbocycles. The molecule has 17 heavy (non-hydrogen) atoms. The first kappa shape index (κ1) is 9.80. The molecule has 2 aliphatic heterocycles. The van der Waals surface area contributed by atoms with E-state index in [0.717, 1.165) is 29.3 Å². The average Bonchev–Trinajstić information content (AvgIpc) is 3.05. The fourth-order valence-electron chi connectivity index (χ4n) is 6.36. The van der Waals surface area contributed by atoms with E-state index in [-0.39, 0.29) is 0 Å². The zero-order valence-electron chi connectivity index (χ0n) is 10.8. The lowest BCUT2D eigenvalue weighted by Crippen LogP contribution is -2.38. The summed E-state index contributed by atoms with van der Waals surface area (Å²) in [6, 6.07) is 1.02. The molecule has 0 aromatic heterocycles. The van der Waals surface area contributed by atoms with E-state index in [9.17, 15) is 0 Å². The number of rotatable bonds is 2. The molecule has 4 aliphatic carbocycles. The molecular weight excluding hydrogens is 208 g/mol. The van der Waals surface area contributed by atoms with Gasteiger partial charge in [-0.3, -0.25) is 9.80 Å². The predicted molar refractivity (Wildman–Crippen MR) is 67.8 cm³/mol. The van der Waals surface area contributed by atoms with Crippen molar-refractivity contribution in [3.05, 3.63) is 0 Å². The Kier molecular flexibility index (Phi) is 1.78. The van der Waals surface area contributed by atoms with Gasteiger partial charge in [-0.15, -0.1) is 0 Å². The van der Waals surface area contributed by atoms with Gasteiger partial charge in [0, 0.05) is 11.6 Å². The molecule has 6 fully saturated rings. The fraction of sp³-hybridized carbons (Fsp3) is 1.00. The summed E-state index contributed by atoms with van der Waals surface area (Å²) in [7, 11) is 0. The Bertz CT molecular complexity index is 343. The maximum Gasteiger partial charge on any atom is 0.0291 e. The third-order valence-electron chi connectivity index (χ3n) is 6.80. The Labute approximate surface area is 104 Å². The monoisotopic (exact) mass is 232 g/mol. The Morgan fingerprint density at radius 1 is 0.882 bits per heavy atom. The van der Waals surface area contributed by atoms with Gasteiger partial charge >= 0.3 is 0 Å². The van der Waals surface area contributed by atoms with Crippen LogP contribution >= 0.6 is 0 Å². The van der Waals surface area contributed by atoms with Gasteiger partial charge in [-0.25, -0.2) is 0 Å². The van der Waals surface area contributed by atoms with Crippen LogP contribution in [0, 0.1) is 17.8 Å². The second-order valence-electron chi connectivity index (χ2n) is 7.25. The van der Waals surface area contributed by atoms with E-state index in [1.165, 1.54) is 51.9 Å². The van der Waals surface area contributed by atoms with E-state index in [2.05, 4.69) is 9.80 Å². The largest absolute Gasteiger partial charge is 0.300 e. The minimum absolute atomic E-state index is 0.744. The van der Waals surface area contributed by atoms with Gasteiger partial charge in [0.25, 0.3) is 0 Å². The van der Waals surface area contributed by atoms with Crippen LogP contribution in [0.2, 0.25) is 0 Å². The first-order valence-corrected chi connectivity index (χ1v) is 7.90. The highest BCUT2D eigenvalue weighted by Gasteiger charge is 2.81. The molecule has 0 aromatic rings. The molecular formula is C15H24N2. The molecule has 2 heteroatoms. The smallest absolute Gasteiger partial charge is 0.0291 e. The van der Waals surface area contributed by atoms with E-state index < -0.39 is 0 Å². The van der Waals surface area contributed by atoms with E-state index >= 15 is 0 Å². The third kappa shape index (κ3) is 1.02. The first-order chi connectivity index (χ1) is 8.41. The molecule has 2 saturated heterocycles. The zero-order valence-corrected chi connectivity index (χ0v) is 10.8. The van der Waals surface area contributed by atoms with Gasteiger partial charge in [0.15, 0.2) is 0 Å². The Hall–Kier alpha value is -0.0800. The minimum atomic E-state index is 0.744. The summed E-state index contributed by atoms with van der Waals surface area (Å²) in [5.74, 6) is 3.31. The molecule has 6 rings (SSSR count). The zero-order chi connectivity index (χ0) is 11.0. The molecule has 0 amide bonds. The lowest BCUT2D eigenvalue weighted by molar-refractivity contribution is 0.185. The van der Waals surface area contributed by atoms with Crippen LogP contribution in [0.3, 0.4) is 0 Å². The first-order valence-electron chi connectivity index (χ1n) is 7.90. The summed E-state index contributed by atoms with van der Waals surface area (Å²) in [4.78, 5) is 5.79. The number of nitrogens with zero attached hydrogens (tertiary/aromatic N) is 2. The summed E-state index contributed by atoms with van der Waals surface area (Å²) < 4.78 is 0. The van der Waals surface area contributed by atoms with Gasteiger partial charge < -0.3 is 0 Å². The second kappa shape index (κ2) is 3.08. The second-order valence-corrected chi connectivity index (χ2v) is 7.25. The normalized spacial score (nSPS) is 57.2. The van der Waals surface area contributed by atoms with Gasteiger partial charge in [-0.05, 0) is 82.5 Å². The summed E-state index contributed by atoms with van der Waals surface area (Å²) in [5.41, 5.74) is 0.744. The van der Waals surface area contributed by atoms with Crippen molar-refractivity contribution in [2.24, 2.45) is 17.8 Å². The number of hydrogen-bond donors (Lipinski definition) is 0. The van der Waals surface area contributed by atoms with Gasteiger partial charge in [0.05, 0.1) is 0 Å². The highest BCUT2D eigenvalue weighted by atomic mass is 15.3. The van der Waals surface area contributed by atoms with Crippen molar-refractivity contribution >= 4 is 0 Å². The van der Waals surface area contributed by atoms with Crippen molar-refractivity contribution in [1.29, 1.82) is 0 Å². The Morgan fingerprint density at radius 3 is 2.29 bits per heavy atom. The lowest BCUT2D eigenvalue weighted by atomic mass is 10.1. The van der Waals surface area contributed by atoms with Crippen LogP contribution in [0.15, 0.2) is 0 Å². The van der Waals surface area contributed by atoms with Crippen LogP contribution in [0.5, 0.6) is 0 Å². The van der Waals surface area contributed by atoms with Crippen molar-refractivity contribution in [2.45, 2.75) is 50.1 Å². The molecule has 0 N–H and O–H groups in total. The van der Waals surface area contributed by atoms with Crippen LogP contribution in [0.4, 0.5) is 0 Å². The molecule has 0 spiro atoms. The van der Waals surface area contributed by atoms with Crippen LogP contribution in [-0.2, 0) is 0 Å². The van der Waals surface area contributed by atoms with Crippen molar-refractivity contribution in [3.8, 4) is 0 Å². The molecule has 4 saturated carbocycles. The van der Waals surface area contributed by atoms with Crippen LogP contribution in [0.25, 0.3) is 0 Å². The number of hydrogen-bond acceptors (Lipinski definition) is 2. The van der Waals surface area contributed by atoms with E-state index in [0.29, 0.717) is 0 Å². The van der Waals surface area contributed by atoms with Crippen LogP contribution in [0.1, 0.15) is 38.5 Å². The topological polar surface area (TPSA) is 6.48 Å². The van der Waals surface area contributed by atoms with Crippen molar-refractivity contribution in [1.82, 2.24) is 9.80 Å². The van der Waals surface area contributed by atoms with E-state index in [1.807, 2.05) is 0 Å². The van der Waals surface area contributed by atoms with Crippen LogP contribution in [-0.4, -0.2) is 47.6 Å². The maximum absolute atomic E-state index is 2.92. The maximum atomic E-state index is 2.92. The summed E-state index contributed by atoms with van der Waals surface area (Å²) in [6.07, 6.45) is 9.04. The van der Waals surface area contributed by atoms with E-state index in [4.69, 9.17) is 0 Å². The fourth-order valence-corrected chi connectivity index (χ4v) is 6.36. The average molecular weight is 232 g/mol. The molecule has 5 atom stereocenters. The van der Waals surface area contributed by atoms with Crippen LogP contribution < -0.4 is 0 Å². The highest BCUT2D eigenvalue weighted by Crippen LogP contribution is 2.76. The van der Waals surface area contributed by atoms with Gasteiger partial charge in [0.2, 0.25) is 0 Å². The molecule has 2 heterocycles. The summed E-state index contributed by atoms with van der Waals surface area (Å²) in [5, 5.41) is 0. The molecule has 6 aliphatic rings. The SMILES string of the molecule is C1CCN(C2C3CC4C2C4(N2CCCC2)C3)C1. The molecule has 2 nitrogen and oxygen atoms in total. The van der Waals surface area contributed by atoms with Crippen molar-refractivity contribution < 1.29 is 0 Å². The third-order valence-corrected chi connectivity index (χ3v) is 6.80. The van der Waals surface area contributed by atoms with E-state index in [1.54, 1.807) is 12.8 Å². The van der Waals surface area contributed by atoms with Gasteiger partial charge in [0.1, 0.15) is 0 Å². The minimum Gasteiger partial charge on any atom is -0.300 e. The summed E-state index contributed by atoms with van der Waals surface area (Å²) >= 11 is 0.